The average Bonchev–Trinajstić information content (AvgIpc) is 2.11. The van der Waals surface area contributed by atoms with E-state index < -0.39 is 0 Å². The van der Waals surface area contributed by atoms with Gasteiger partial charge in [-0.2, -0.15) is 0 Å². The summed E-state index contributed by atoms with van der Waals surface area (Å²) in [6, 6.07) is 0. The highest BCUT2D eigenvalue weighted by Crippen LogP contribution is 2.27. The van der Waals surface area contributed by atoms with Crippen molar-refractivity contribution in [1.29, 1.82) is 0 Å². The molecule has 0 aromatic carbocycles. The van der Waals surface area contributed by atoms with Crippen LogP contribution in [0.1, 0.15) is 33.1 Å². The monoisotopic (exact) mass is 193 g/mol. The lowest BCUT2D eigenvalue weighted by Crippen LogP contribution is -2.26. The zero-order valence-electron chi connectivity index (χ0n) is 9.55. The zero-order chi connectivity index (χ0) is 10.4. The highest BCUT2D eigenvalue weighted by Gasteiger charge is 2.17. The second-order valence-electron chi connectivity index (χ2n) is 4.58. The molecule has 0 aromatic rings. The summed E-state index contributed by atoms with van der Waals surface area (Å²) in [7, 11) is 0. The van der Waals surface area contributed by atoms with Crippen molar-refractivity contribution in [2.24, 2.45) is 11.8 Å². The molecule has 0 aliphatic heterocycles. The summed E-state index contributed by atoms with van der Waals surface area (Å²) in [5, 5.41) is 3.50. The summed E-state index contributed by atoms with van der Waals surface area (Å²) in [4.78, 5) is 0. The van der Waals surface area contributed by atoms with Crippen LogP contribution in [0.3, 0.4) is 0 Å². The highest BCUT2D eigenvalue weighted by molar-refractivity contribution is 5.06. The largest absolute Gasteiger partial charge is 0.316 e. The number of nitrogens with one attached hydrogen (secondary N) is 1. The Hall–Kier alpha value is -0.560. The maximum atomic E-state index is 3.72. The quantitative estimate of drug-likeness (QED) is 0.522. The van der Waals surface area contributed by atoms with Crippen LogP contribution in [0.2, 0.25) is 0 Å². The summed E-state index contributed by atoms with van der Waals surface area (Å²) < 4.78 is 0. The van der Waals surface area contributed by atoms with Crippen molar-refractivity contribution in [3.05, 3.63) is 24.3 Å². The third-order valence-corrected chi connectivity index (χ3v) is 2.84. The fourth-order valence-corrected chi connectivity index (χ4v) is 2.35. The van der Waals surface area contributed by atoms with E-state index in [0.29, 0.717) is 0 Å². The molecule has 80 valence electrons. The second kappa shape index (κ2) is 6.02. The lowest BCUT2D eigenvalue weighted by molar-refractivity contribution is 0.383. The van der Waals surface area contributed by atoms with Gasteiger partial charge < -0.3 is 5.32 Å². The molecule has 0 aromatic heterocycles. The van der Waals surface area contributed by atoms with Gasteiger partial charge in [0.25, 0.3) is 0 Å². The van der Waals surface area contributed by atoms with Gasteiger partial charge in [0.15, 0.2) is 0 Å². The lowest BCUT2D eigenvalue weighted by atomic mass is 9.84. The molecule has 0 amide bonds. The van der Waals surface area contributed by atoms with Crippen molar-refractivity contribution in [2.45, 2.75) is 33.1 Å². The zero-order valence-corrected chi connectivity index (χ0v) is 9.55. The molecule has 2 unspecified atom stereocenters. The van der Waals surface area contributed by atoms with Gasteiger partial charge in [0.2, 0.25) is 0 Å². The van der Waals surface area contributed by atoms with Crippen LogP contribution < -0.4 is 5.32 Å². The summed E-state index contributed by atoms with van der Waals surface area (Å²) in [5.74, 6) is 1.62. The van der Waals surface area contributed by atoms with Gasteiger partial charge in [0.05, 0.1) is 0 Å². The lowest BCUT2D eigenvalue weighted by Gasteiger charge is -2.25. The van der Waals surface area contributed by atoms with E-state index in [1.807, 2.05) is 6.08 Å². The van der Waals surface area contributed by atoms with Gasteiger partial charge in [0, 0.05) is 0 Å². The van der Waals surface area contributed by atoms with E-state index in [1.54, 1.807) is 5.57 Å². The highest BCUT2D eigenvalue weighted by atomic mass is 14.8. The molecule has 0 saturated carbocycles. The van der Waals surface area contributed by atoms with Gasteiger partial charge in [-0.3, -0.25) is 0 Å². The molecular weight excluding hydrogens is 170 g/mol. The molecule has 2 atom stereocenters. The van der Waals surface area contributed by atoms with Crippen LogP contribution in [0.25, 0.3) is 0 Å². The van der Waals surface area contributed by atoms with Crippen molar-refractivity contribution in [3.8, 4) is 0 Å². The summed E-state index contributed by atoms with van der Waals surface area (Å²) in [6.45, 7) is 10.5. The summed E-state index contributed by atoms with van der Waals surface area (Å²) in [6.07, 6.45) is 8.10. The SMILES string of the molecule is C=CCCNCC1CC(C)=CC(C)C1. The molecule has 0 fully saturated rings. The topological polar surface area (TPSA) is 12.0 Å². The first kappa shape index (κ1) is 11.5. The Morgan fingerprint density at radius 1 is 1.64 bits per heavy atom. The van der Waals surface area contributed by atoms with E-state index in [9.17, 15) is 0 Å². The van der Waals surface area contributed by atoms with E-state index in [-0.39, 0.29) is 0 Å². The second-order valence-corrected chi connectivity index (χ2v) is 4.58. The fraction of sp³-hybridized carbons (Fsp3) is 0.692. The van der Waals surface area contributed by atoms with Crippen molar-refractivity contribution < 1.29 is 0 Å². The fourth-order valence-electron chi connectivity index (χ4n) is 2.35. The minimum Gasteiger partial charge on any atom is -0.316 e. The summed E-state index contributed by atoms with van der Waals surface area (Å²) >= 11 is 0. The van der Waals surface area contributed by atoms with Crippen LogP contribution in [-0.4, -0.2) is 13.1 Å². The van der Waals surface area contributed by atoms with Crippen molar-refractivity contribution in [3.63, 3.8) is 0 Å². The van der Waals surface area contributed by atoms with Crippen molar-refractivity contribution >= 4 is 0 Å². The molecule has 0 bridgehead atoms. The first-order valence-corrected chi connectivity index (χ1v) is 5.71. The Morgan fingerprint density at radius 2 is 2.43 bits per heavy atom. The number of rotatable bonds is 5. The van der Waals surface area contributed by atoms with Crippen molar-refractivity contribution in [1.82, 2.24) is 5.32 Å². The van der Waals surface area contributed by atoms with Gasteiger partial charge in [-0.15, -0.1) is 6.58 Å². The molecule has 1 N–H and O–H groups in total. The minimum atomic E-state index is 0.773. The molecule has 1 nitrogen and oxygen atoms in total. The Kier molecular flexibility index (Phi) is 4.95. The first-order valence-electron chi connectivity index (χ1n) is 5.71. The van der Waals surface area contributed by atoms with Gasteiger partial charge in [0.1, 0.15) is 0 Å². The normalized spacial score (nSPS) is 27.1. The third-order valence-electron chi connectivity index (χ3n) is 2.84. The molecule has 0 saturated heterocycles. The van der Waals surface area contributed by atoms with Gasteiger partial charge in [-0.1, -0.05) is 24.6 Å². The average molecular weight is 193 g/mol. The van der Waals surface area contributed by atoms with Crippen LogP contribution >= 0.6 is 0 Å². The summed E-state index contributed by atoms with van der Waals surface area (Å²) in [5.41, 5.74) is 1.57. The maximum absolute atomic E-state index is 3.72. The number of hydrogen-bond donors (Lipinski definition) is 1. The number of allylic oxidation sites excluding steroid dienone is 2. The van der Waals surface area contributed by atoms with E-state index in [2.05, 4.69) is 31.8 Å². The first-order chi connectivity index (χ1) is 6.72. The van der Waals surface area contributed by atoms with E-state index in [4.69, 9.17) is 0 Å². The van der Waals surface area contributed by atoms with E-state index in [0.717, 1.165) is 24.8 Å². The maximum Gasteiger partial charge on any atom is -0.00143 e. The molecule has 1 aliphatic carbocycles. The standard InChI is InChI=1S/C13H23N/c1-4-5-6-14-10-13-8-11(2)7-12(3)9-13/h4,7,11,13-14H,1,5-6,8-10H2,2-3H3. The van der Waals surface area contributed by atoms with Gasteiger partial charge in [-0.05, 0) is 51.1 Å². The van der Waals surface area contributed by atoms with Crippen LogP contribution in [0.4, 0.5) is 0 Å². The molecule has 1 heteroatoms. The van der Waals surface area contributed by atoms with Crippen LogP contribution in [0.15, 0.2) is 24.3 Å². The molecule has 1 aliphatic rings. The molecule has 1 rings (SSSR count). The minimum absolute atomic E-state index is 0.773. The van der Waals surface area contributed by atoms with Gasteiger partial charge >= 0.3 is 0 Å². The Bertz CT molecular complexity index is 205. The van der Waals surface area contributed by atoms with Crippen molar-refractivity contribution in [2.75, 3.05) is 13.1 Å². The third kappa shape index (κ3) is 4.10. The molecular formula is C13H23N. The van der Waals surface area contributed by atoms with Crippen LogP contribution in [-0.2, 0) is 0 Å². The van der Waals surface area contributed by atoms with Crippen LogP contribution in [0.5, 0.6) is 0 Å². The van der Waals surface area contributed by atoms with E-state index in [1.165, 1.54) is 19.4 Å². The van der Waals surface area contributed by atoms with Gasteiger partial charge in [-0.25, -0.2) is 0 Å². The smallest absolute Gasteiger partial charge is 0.00143 e. The Morgan fingerprint density at radius 3 is 3.07 bits per heavy atom. The van der Waals surface area contributed by atoms with Crippen LogP contribution in [0, 0.1) is 11.8 Å². The Labute approximate surface area is 88.3 Å². The molecule has 0 spiro atoms. The molecule has 0 heterocycles. The Balaban J connectivity index is 2.19. The predicted molar refractivity (Wildman–Crippen MR) is 63.3 cm³/mol. The number of hydrogen-bond acceptors (Lipinski definition) is 1. The molecule has 14 heavy (non-hydrogen) atoms. The predicted octanol–water partition coefficient (Wildman–Crippen LogP) is 3.14. The molecule has 0 radical (unpaired) electrons. The van der Waals surface area contributed by atoms with E-state index >= 15 is 0 Å².